The van der Waals surface area contributed by atoms with Crippen molar-refractivity contribution in [2.24, 2.45) is 0 Å². The topological polar surface area (TPSA) is 75.5 Å². The van der Waals surface area contributed by atoms with Crippen LogP contribution in [-0.2, 0) is 4.74 Å². The van der Waals surface area contributed by atoms with E-state index < -0.39 is 5.97 Å². The minimum atomic E-state index is -0.984. The maximum atomic E-state index is 11.3. The molecule has 6 nitrogen and oxygen atoms in total. The highest BCUT2D eigenvalue weighted by molar-refractivity contribution is 8.00. The summed E-state index contributed by atoms with van der Waals surface area (Å²) in [7, 11) is 1.57. The smallest absolute Gasteiger partial charge is 0.335 e. The number of rotatable bonds is 7. The fraction of sp³-hybridized carbons (Fsp3) is 0.190. The maximum absolute atomic E-state index is 11.3. The van der Waals surface area contributed by atoms with Crippen LogP contribution in [0.5, 0.6) is 0 Å². The van der Waals surface area contributed by atoms with Crippen LogP contribution in [0.2, 0.25) is 5.15 Å². The Labute approximate surface area is 178 Å². The average molecular weight is 430 g/mol. The number of aryl methyl sites for hydroxylation is 2. The number of aromatic carboxylic acids is 1. The van der Waals surface area contributed by atoms with E-state index in [0.717, 1.165) is 27.3 Å². The van der Waals surface area contributed by atoms with Gasteiger partial charge in [0, 0.05) is 23.6 Å². The number of halogens is 1. The van der Waals surface area contributed by atoms with E-state index in [0.29, 0.717) is 11.1 Å². The molecule has 0 amide bonds. The van der Waals surface area contributed by atoms with Crippen LogP contribution in [0.3, 0.4) is 0 Å². The van der Waals surface area contributed by atoms with Gasteiger partial charge in [0.1, 0.15) is 11.9 Å². The Morgan fingerprint density at radius 2 is 1.83 bits per heavy atom. The SMILES string of the molecule is COCN(Sc1cccc(C(=O)O)c1)c1nc(Cl)cc(-c2c(C)cccc2C)n1. The fourth-order valence-electron chi connectivity index (χ4n) is 2.92. The number of hydrogen-bond donors (Lipinski definition) is 1. The minimum Gasteiger partial charge on any atom is -0.478 e. The number of aromatic nitrogens is 2. The molecule has 150 valence electrons. The highest BCUT2D eigenvalue weighted by Gasteiger charge is 2.17. The van der Waals surface area contributed by atoms with Gasteiger partial charge >= 0.3 is 5.97 Å². The van der Waals surface area contributed by atoms with Crippen molar-refractivity contribution in [2.45, 2.75) is 18.7 Å². The van der Waals surface area contributed by atoms with E-state index in [9.17, 15) is 9.90 Å². The fourth-order valence-corrected chi connectivity index (χ4v) is 3.99. The second-order valence-electron chi connectivity index (χ2n) is 6.36. The number of benzene rings is 2. The van der Waals surface area contributed by atoms with Crippen molar-refractivity contribution in [3.05, 3.63) is 70.4 Å². The van der Waals surface area contributed by atoms with Crippen LogP contribution in [0.15, 0.2) is 53.4 Å². The zero-order valence-corrected chi connectivity index (χ0v) is 17.8. The molecular formula is C21H20ClN3O3S. The first kappa shape index (κ1) is 21.1. The summed E-state index contributed by atoms with van der Waals surface area (Å²) in [5.74, 6) is -0.607. The maximum Gasteiger partial charge on any atom is 0.335 e. The highest BCUT2D eigenvalue weighted by Crippen LogP contribution is 2.32. The number of ether oxygens (including phenoxy) is 1. The first-order chi connectivity index (χ1) is 13.9. The van der Waals surface area contributed by atoms with Gasteiger partial charge in [-0.1, -0.05) is 35.9 Å². The molecule has 0 bridgehead atoms. The Balaban J connectivity index is 2.01. The molecule has 0 radical (unpaired) electrons. The summed E-state index contributed by atoms with van der Waals surface area (Å²) in [6.45, 7) is 4.24. The molecule has 3 rings (SSSR count). The Kier molecular flexibility index (Phi) is 6.74. The van der Waals surface area contributed by atoms with Gasteiger partial charge in [-0.2, -0.15) is 0 Å². The van der Waals surface area contributed by atoms with E-state index in [1.54, 1.807) is 35.7 Å². The number of nitrogens with zero attached hydrogens (tertiary/aromatic N) is 3. The van der Waals surface area contributed by atoms with Gasteiger partial charge in [-0.3, -0.25) is 4.31 Å². The monoisotopic (exact) mass is 429 g/mol. The normalized spacial score (nSPS) is 10.8. The van der Waals surface area contributed by atoms with Crippen molar-refractivity contribution in [3.8, 4) is 11.3 Å². The van der Waals surface area contributed by atoms with E-state index in [4.69, 9.17) is 21.3 Å². The van der Waals surface area contributed by atoms with E-state index in [1.807, 2.05) is 38.1 Å². The Morgan fingerprint density at radius 3 is 2.48 bits per heavy atom. The van der Waals surface area contributed by atoms with E-state index in [2.05, 4.69) is 4.98 Å². The van der Waals surface area contributed by atoms with Crippen molar-refractivity contribution in [1.29, 1.82) is 0 Å². The minimum absolute atomic E-state index is 0.189. The van der Waals surface area contributed by atoms with Gasteiger partial charge in [-0.15, -0.1) is 0 Å². The number of carbonyl (C=O) groups is 1. The molecule has 0 spiro atoms. The van der Waals surface area contributed by atoms with Crippen LogP contribution in [0, 0.1) is 13.8 Å². The molecule has 0 unspecified atom stereocenters. The summed E-state index contributed by atoms with van der Waals surface area (Å²) in [5.41, 5.74) is 4.11. The number of carboxylic acid groups (broad SMARTS) is 1. The summed E-state index contributed by atoms with van der Waals surface area (Å²) in [4.78, 5) is 21.0. The zero-order valence-electron chi connectivity index (χ0n) is 16.2. The third kappa shape index (κ3) is 5.06. The van der Waals surface area contributed by atoms with Gasteiger partial charge in [-0.05, 0) is 55.1 Å². The Morgan fingerprint density at radius 1 is 1.14 bits per heavy atom. The summed E-state index contributed by atoms with van der Waals surface area (Å²) >= 11 is 7.59. The van der Waals surface area contributed by atoms with Gasteiger partial charge in [0.05, 0.1) is 11.3 Å². The third-order valence-electron chi connectivity index (χ3n) is 4.19. The Hall–Kier alpha value is -2.61. The molecule has 0 aliphatic rings. The average Bonchev–Trinajstić information content (AvgIpc) is 2.67. The van der Waals surface area contributed by atoms with Gasteiger partial charge in [-0.25, -0.2) is 14.8 Å². The quantitative estimate of drug-likeness (QED) is 0.313. The first-order valence-corrected chi connectivity index (χ1v) is 9.93. The van der Waals surface area contributed by atoms with E-state index in [-0.39, 0.29) is 12.3 Å². The number of hydrogen-bond acceptors (Lipinski definition) is 6. The molecule has 0 saturated carbocycles. The van der Waals surface area contributed by atoms with Crippen LogP contribution >= 0.6 is 23.5 Å². The number of carboxylic acids is 1. The van der Waals surface area contributed by atoms with Crippen LogP contribution < -0.4 is 4.31 Å². The molecule has 3 aromatic rings. The largest absolute Gasteiger partial charge is 0.478 e. The van der Waals surface area contributed by atoms with Crippen molar-refractivity contribution >= 4 is 35.5 Å². The summed E-state index contributed by atoms with van der Waals surface area (Å²) in [5, 5.41) is 9.54. The summed E-state index contributed by atoms with van der Waals surface area (Å²) in [6, 6.07) is 14.4. The lowest BCUT2D eigenvalue weighted by Gasteiger charge is -2.21. The molecule has 0 aliphatic heterocycles. The van der Waals surface area contributed by atoms with Crippen molar-refractivity contribution in [3.63, 3.8) is 0 Å². The molecule has 1 N–H and O–H groups in total. The molecule has 29 heavy (non-hydrogen) atoms. The highest BCUT2D eigenvalue weighted by atomic mass is 35.5. The number of methoxy groups -OCH3 is 1. The Bertz CT molecular complexity index is 1030. The molecular weight excluding hydrogens is 410 g/mol. The molecule has 0 saturated heterocycles. The number of anilines is 1. The lowest BCUT2D eigenvalue weighted by molar-refractivity contribution is 0.0696. The van der Waals surface area contributed by atoms with Crippen LogP contribution in [0.1, 0.15) is 21.5 Å². The lowest BCUT2D eigenvalue weighted by Crippen LogP contribution is -2.20. The standard InChI is InChI=1S/C21H20ClN3O3S/c1-13-6-4-7-14(2)19(13)17-11-18(22)24-21(23-17)25(12-28-3)29-16-9-5-8-15(10-16)20(26)27/h4-11H,12H2,1-3H3,(H,26,27). The predicted molar refractivity (Wildman–Crippen MR) is 116 cm³/mol. The van der Waals surface area contributed by atoms with Crippen LogP contribution in [-0.4, -0.2) is 34.9 Å². The predicted octanol–water partition coefficient (Wildman–Crippen LogP) is 5.23. The van der Waals surface area contributed by atoms with Crippen molar-refractivity contribution < 1.29 is 14.6 Å². The molecule has 2 aromatic carbocycles. The molecule has 1 aromatic heterocycles. The third-order valence-corrected chi connectivity index (χ3v) is 5.33. The molecule has 8 heteroatoms. The lowest BCUT2D eigenvalue weighted by atomic mass is 10.00. The van der Waals surface area contributed by atoms with Gasteiger partial charge in [0.2, 0.25) is 5.95 Å². The van der Waals surface area contributed by atoms with E-state index in [1.165, 1.54) is 11.9 Å². The van der Waals surface area contributed by atoms with Crippen LogP contribution in [0.25, 0.3) is 11.3 Å². The second kappa shape index (κ2) is 9.26. The molecule has 1 heterocycles. The van der Waals surface area contributed by atoms with Gasteiger partial charge in [0.15, 0.2) is 0 Å². The van der Waals surface area contributed by atoms with Crippen molar-refractivity contribution in [1.82, 2.24) is 9.97 Å². The zero-order chi connectivity index (χ0) is 21.0. The van der Waals surface area contributed by atoms with Crippen molar-refractivity contribution in [2.75, 3.05) is 18.1 Å². The second-order valence-corrected chi connectivity index (χ2v) is 7.85. The molecule has 0 atom stereocenters. The van der Waals surface area contributed by atoms with E-state index >= 15 is 0 Å². The van der Waals surface area contributed by atoms with Gasteiger partial charge in [0.25, 0.3) is 0 Å². The first-order valence-electron chi connectivity index (χ1n) is 8.78. The van der Waals surface area contributed by atoms with Crippen LogP contribution in [0.4, 0.5) is 5.95 Å². The molecule has 0 aliphatic carbocycles. The van der Waals surface area contributed by atoms with Gasteiger partial charge < -0.3 is 9.84 Å². The molecule has 0 fully saturated rings. The summed E-state index contributed by atoms with van der Waals surface area (Å²) < 4.78 is 7.03. The summed E-state index contributed by atoms with van der Waals surface area (Å²) in [6.07, 6.45) is 0.